The number of nitrogens with zero attached hydrogens (tertiary/aromatic N) is 1. The van der Waals surface area contributed by atoms with Gasteiger partial charge in [-0.25, -0.2) is 0 Å². The molecule has 0 spiro atoms. The molecule has 8 nitrogen and oxygen atoms in total. The van der Waals surface area contributed by atoms with Gasteiger partial charge in [0, 0.05) is 33.7 Å². The average Bonchev–Trinajstić information content (AvgIpc) is 3.32. The second-order valence-electron chi connectivity index (χ2n) is 7.74. The molecule has 2 amide bonds. The number of furan rings is 1. The van der Waals surface area contributed by atoms with Crippen molar-refractivity contribution in [3.8, 4) is 5.75 Å². The Labute approximate surface area is 194 Å². The highest BCUT2D eigenvalue weighted by Crippen LogP contribution is 2.36. The zero-order valence-electron chi connectivity index (χ0n) is 18.3. The van der Waals surface area contributed by atoms with E-state index in [9.17, 15) is 14.4 Å². The lowest BCUT2D eigenvalue weighted by Crippen LogP contribution is -2.32. The van der Waals surface area contributed by atoms with Crippen LogP contribution in [0.5, 0.6) is 5.75 Å². The Morgan fingerprint density at radius 1 is 1.00 bits per heavy atom. The van der Waals surface area contributed by atoms with Crippen LogP contribution < -0.4 is 10.1 Å². The van der Waals surface area contributed by atoms with E-state index in [1.165, 1.54) is 12.0 Å². The Balaban J connectivity index is 1.24. The minimum Gasteiger partial charge on any atom is -0.495 e. The first-order valence-corrected chi connectivity index (χ1v) is 10.5. The van der Waals surface area contributed by atoms with E-state index in [4.69, 9.17) is 13.9 Å². The Bertz CT molecular complexity index is 1450. The van der Waals surface area contributed by atoms with Crippen molar-refractivity contribution in [1.29, 1.82) is 0 Å². The van der Waals surface area contributed by atoms with Crippen molar-refractivity contribution in [3.63, 3.8) is 0 Å². The molecular weight excluding hydrogens is 436 g/mol. The standard InChI is InChI=1S/C26H20N2O6/c1-15-16-7-3-4-9-18(16)26(31)28(15)13-25(30)33-14-24(29)27-20-12-22-19(11-23(20)32-2)17-8-5-6-10-21(17)34-22/h3-12H,1,13-14H2,2H3,(H,27,29). The van der Waals surface area contributed by atoms with Gasteiger partial charge < -0.3 is 19.2 Å². The van der Waals surface area contributed by atoms with Crippen LogP contribution in [0.4, 0.5) is 5.69 Å². The van der Waals surface area contributed by atoms with Gasteiger partial charge in [-0.15, -0.1) is 0 Å². The maximum atomic E-state index is 12.5. The fourth-order valence-electron chi connectivity index (χ4n) is 4.03. The van der Waals surface area contributed by atoms with Crippen molar-refractivity contribution in [2.75, 3.05) is 25.6 Å². The third-order valence-corrected chi connectivity index (χ3v) is 5.66. The first-order chi connectivity index (χ1) is 16.5. The summed E-state index contributed by atoms with van der Waals surface area (Å²) in [4.78, 5) is 38.5. The van der Waals surface area contributed by atoms with Crippen LogP contribution in [0.25, 0.3) is 27.6 Å². The maximum Gasteiger partial charge on any atom is 0.326 e. The van der Waals surface area contributed by atoms with Gasteiger partial charge in [0.1, 0.15) is 23.5 Å². The minimum atomic E-state index is -0.725. The summed E-state index contributed by atoms with van der Waals surface area (Å²) in [6.45, 7) is 3.02. The highest BCUT2D eigenvalue weighted by Gasteiger charge is 2.32. The molecule has 0 aliphatic carbocycles. The molecule has 170 valence electrons. The molecule has 0 saturated heterocycles. The van der Waals surface area contributed by atoms with Crippen molar-refractivity contribution in [2.45, 2.75) is 0 Å². The Morgan fingerprint density at radius 2 is 1.74 bits per heavy atom. The SMILES string of the molecule is C=C1c2ccccc2C(=O)N1CC(=O)OCC(=O)Nc1cc2oc3ccccc3c2cc1OC. The second kappa shape index (κ2) is 8.40. The number of anilines is 1. The van der Waals surface area contributed by atoms with Crippen molar-refractivity contribution >= 4 is 51.1 Å². The van der Waals surface area contributed by atoms with Crippen molar-refractivity contribution in [1.82, 2.24) is 4.90 Å². The smallest absolute Gasteiger partial charge is 0.326 e. The van der Waals surface area contributed by atoms with E-state index >= 15 is 0 Å². The Hall–Kier alpha value is -4.59. The van der Waals surface area contributed by atoms with Crippen molar-refractivity contribution in [2.24, 2.45) is 0 Å². The van der Waals surface area contributed by atoms with Gasteiger partial charge in [-0.1, -0.05) is 43.0 Å². The van der Waals surface area contributed by atoms with Gasteiger partial charge in [0.2, 0.25) is 0 Å². The lowest BCUT2D eigenvalue weighted by Gasteiger charge is -2.16. The molecule has 5 rings (SSSR count). The number of fused-ring (bicyclic) bond motifs is 4. The molecule has 1 aliphatic rings. The number of carbonyl (C=O) groups excluding carboxylic acids is 3. The van der Waals surface area contributed by atoms with Crippen LogP contribution in [0.3, 0.4) is 0 Å². The number of amides is 2. The fraction of sp³-hybridized carbons (Fsp3) is 0.115. The molecule has 1 aliphatic heterocycles. The third-order valence-electron chi connectivity index (χ3n) is 5.66. The fourth-order valence-corrected chi connectivity index (χ4v) is 4.03. The van der Waals surface area contributed by atoms with E-state index < -0.39 is 18.5 Å². The molecular formula is C26H20N2O6. The van der Waals surface area contributed by atoms with Gasteiger partial charge in [-0.3, -0.25) is 19.3 Å². The molecule has 1 aromatic heterocycles. The lowest BCUT2D eigenvalue weighted by atomic mass is 10.1. The molecule has 1 N–H and O–H groups in total. The van der Waals surface area contributed by atoms with Crippen LogP contribution in [-0.4, -0.2) is 42.9 Å². The predicted octanol–water partition coefficient (Wildman–Crippen LogP) is 4.20. The van der Waals surface area contributed by atoms with Gasteiger partial charge in [0.15, 0.2) is 6.61 Å². The number of nitrogens with one attached hydrogen (secondary N) is 1. The molecule has 2 heterocycles. The lowest BCUT2D eigenvalue weighted by molar-refractivity contribution is -0.147. The number of ether oxygens (including phenoxy) is 2. The number of benzene rings is 3. The maximum absolute atomic E-state index is 12.5. The number of hydrogen-bond donors (Lipinski definition) is 1. The number of para-hydroxylation sites is 1. The van der Waals surface area contributed by atoms with Gasteiger partial charge in [0.25, 0.3) is 11.8 Å². The quantitative estimate of drug-likeness (QED) is 0.437. The largest absolute Gasteiger partial charge is 0.495 e. The van der Waals surface area contributed by atoms with Crippen LogP contribution in [0.2, 0.25) is 0 Å². The van der Waals surface area contributed by atoms with Crippen molar-refractivity contribution in [3.05, 3.63) is 78.4 Å². The van der Waals surface area contributed by atoms with E-state index in [-0.39, 0.29) is 12.5 Å². The average molecular weight is 456 g/mol. The molecule has 0 fully saturated rings. The highest BCUT2D eigenvalue weighted by molar-refractivity contribution is 6.10. The summed E-state index contributed by atoms with van der Waals surface area (Å²) in [6, 6.07) is 18.0. The van der Waals surface area contributed by atoms with Crippen LogP contribution in [0, 0.1) is 0 Å². The zero-order valence-corrected chi connectivity index (χ0v) is 18.3. The molecule has 0 atom stereocenters. The van der Waals surface area contributed by atoms with E-state index in [0.29, 0.717) is 33.8 Å². The van der Waals surface area contributed by atoms with E-state index in [0.717, 1.165) is 16.4 Å². The molecule has 0 radical (unpaired) electrons. The zero-order chi connectivity index (χ0) is 23.8. The minimum absolute atomic E-state index is 0.328. The normalized spacial score (nSPS) is 12.8. The molecule has 0 bridgehead atoms. The van der Waals surface area contributed by atoms with Gasteiger partial charge in [0.05, 0.1) is 12.8 Å². The Morgan fingerprint density at radius 3 is 2.50 bits per heavy atom. The molecule has 4 aromatic rings. The summed E-state index contributed by atoms with van der Waals surface area (Å²) >= 11 is 0. The van der Waals surface area contributed by atoms with Crippen molar-refractivity contribution < 1.29 is 28.3 Å². The third kappa shape index (κ3) is 3.65. The first-order valence-electron chi connectivity index (χ1n) is 10.5. The molecule has 0 saturated carbocycles. The number of hydrogen-bond acceptors (Lipinski definition) is 6. The number of rotatable bonds is 6. The summed E-state index contributed by atoms with van der Waals surface area (Å²) in [6.07, 6.45) is 0. The summed E-state index contributed by atoms with van der Waals surface area (Å²) in [5, 5.41) is 4.47. The summed E-state index contributed by atoms with van der Waals surface area (Å²) in [7, 11) is 1.50. The van der Waals surface area contributed by atoms with Gasteiger partial charge >= 0.3 is 5.97 Å². The van der Waals surface area contributed by atoms with E-state index in [1.54, 1.807) is 36.4 Å². The van der Waals surface area contributed by atoms with Crippen LogP contribution in [0.15, 0.2) is 71.7 Å². The molecule has 3 aromatic carbocycles. The van der Waals surface area contributed by atoms with Crippen LogP contribution in [-0.2, 0) is 14.3 Å². The monoisotopic (exact) mass is 456 g/mol. The van der Waals surface area contributed by atoms with Gasteiger partial charge in [-0.05, 0) is 18.2 Å². The van der Waals surface area contributed by atoms with E-state index in [1.807, 2.05) is 24.3 Å². The number of methoxy groups -OCH3 is 1. The number of esters is 1. The topological polar surface area (TPSA) is 98.1 Å². The molecule has 8 heteroatoms. The highest BCUT2D eigenvalue weighted by atomic mass is 16.5. The first kappa shape index (κ1) is 21.3. The summed E-state index contributed by atoms with van der Waals surface area (Å²) in [5.41, 5.74) is 3.26. The summed E-state index contributed by atoms with van der Waals surface area (Å²) in [5.74, 6) is -1.17. The van der Waals surface area contributed by atoms with Crippen LogP contribution in [0.1, 0.15) is 15.9 Å². The van der Waals surface area contributed by atoms with E-state index in [2.05, 4.69) is 11.9 Å². The second-order valence-corrected chi connectivity index (χ2v) is 7.74. The Kier molecular flexibility index (Phi) is 5.25. The van der Waals surface area contributed by atoms with Gasteiger partial charge in [-0.2, -0.15) is 0 Å². The summed E-state index contributed by atoms with van der Waals surface area (Å²) < 4.78 is 16.4. The number of carbonyl (C=O) groups is 3. The molecule has 34 heavy (non-hydrogen) atoms. The van der Waals surface area contributed by atoms with Crippen LogP contribution >= 0.6 is 0 Å². The predicted molar refractivity (Wildman–Crippen MR) is 126 cm³/mol. The molecule has 0 unspecified atom stereocenters.